The number of ether oxygens (including phenoxy) is 2. The molecule has 0 bridgehead atoms. The molecule has 0 unspecified atom stereocenters. The fourth-order valence-corrected chi connectivity index (χ4v) is 3.33. The van der Waals surface area contributed by atoms with Gasteiger partial charge in [-0.3, -0.25) is 14.7 Å². The van der Waals surface area contributed by atoms with Crippen molar-refractivity contribution in [1.82, 2.24) is 14.8 Å². The normalized spacial score (nSPS) is 25.2. The van der Waals surface area contributed by atoms with Crippen LogP contribution in [0.3, 0.4) is 0 Å². The highest BCUT2D eigenvalue weighted by Gasteiger charge is 2.38. The lowest BCUT2D eigenvalue weighted by Gasteiger charge is -2.47. The average Bonchev–Trinajstić information content (AvgIpc) is 2.59. The molecule has 126 valence electrons. The average molecular weight is 323 g/mol. The van der Waals surface area contributed by atoms with Crippen LogP contribution in [0.5, 0.6) is 0 Å². The van der Waals surface area contributed by atoms with E-state index in [0.29, 0.717) is 26.3 Å². The highest BCUT2D eigenvalue weighted by molar-refractivity contribution is 5.94. The van der Waals surface area contributed by atoms with Crippen LogP contribution in [0.25, 0.3) is 0 Å². The Morgan fingerprint density at radius 1 is 1.52 bits per heavy atom. The van der Waals surface area contributed by atoms with Gasteiger partial charge in [0.1, 0.15) is 0 Å². The van der Waals surface area contributed by atoms with E-state index >= 15 is 0 Å². The first kappa shape index (κ1) is 16.3. The van der Waals surface area contributed by atoms with E-state index < -0.39 is 5.82 Å². The SMILES string of the molecule is COCCN1CCO[C@H]2CCN(C(=O)c3ccncc3F)C[C@@H]21. The van der Waals surface area contributed by atoms with Gasteiger partial charge in [0.15, 0.2) is 5.82 Å². The smallest absolute Gasteiger partial charge is 0.257 e. The number of morpholine rings is 1. The molecule has 23 heavy (non-hydrogen) atoms. The molecule has 2 saturated heterocycles. The number of carbonyl (C=O) groups is 1. The number of pyridine rings is 1. The Kier molecular flexibility index (Phi) is 5.20. The van der Waals surface area contributed by atoms with Gasteiger partial charge in [0.25, 0.3) is 5.91 Å². The fourth-order valence-electron chi connectivity index (χ4n) is 3.33. The van der Waals surface area contributed by atoms with Crippen LogP contribution in [0, 0.1) is 5.82 Å². The first-order chi connectivity index (χ1) is 11.2. The van der Waals surface area contributed by atoms with Gasteiger partial charge in [-0.15, -0.1) is 0 Å². The van der Waals surface area contributed by atoms with Gasteiger partial charge in [-0.05, 0) is 12.5 Å². The number of hydrogen-bond acceptors (Lipinski definition) is 5. The molecule has 0 saturated carbocycles. The number of methoxy groups -OCH3 is 1. The van der Waals surface area contributed by atoms with Gasteiger partial charge < -0.3 is 14.4 Å². The molecule has 6 nitrogen and oxygen atoms in total. The summed E-state index contributed by atoms with van der Waals surface area (Å²) < 4.78 is 24.8. The number of rotatable bonds is 4. The Morgan fingerprint density at radius 2 is 2.39 bits per heavy atom. The Labute approximate surface area is 135 Å². The number of halogens is 1. The molecule has 0 aromatic carbocycles. The summed E-state index contributed by atoms with van der Waals surface area (Å²) >= 11 is 0. The van der Waals surface area contributed by atoms with Crippen LogP contribution in [0.4, 0.5) is 4.39 Å². The Hall–Kier alpha value is -1.57. The second-order valence-corrected chi connectivity index (χ2v) is 5.90. The fraction of sp³-hybridized carbons (Fsp3) is 0.625. The number of aromatic nitrogens is 1. The molecule has 1 aromatic rings. The van der Waals surface area contributed by atoms with E-state index in [9.17, 15) is 9.18 Å². The van der Waals surface area contributed by atoms with Gasteiger partial charge in [-0.25, -0.2) is 4.39 Å². The Morgan fingerprint density at radius 3 is 3.17 bits per heavy atom. The molecule has 3 heterocycles. The predicted octanol–water partition coefficient (Wildman–Crippen LogP) is 0.782. The van der Waals surface area contributed by atoms with Gasteiger partial charge in [0.05, 0.1) is 37.1 Å². The second kappa shape index (κ2) is 7.33. The number of piperidine rings is 1. The largest absolute Gasteiger partial charge is 0.383 e. The van der Waals surface area contributed by atoms with Crippen molar-refractivity contribution in [3.63, 3.8) is 0 Å². The molecule has 2 fully saturated rings. The zero-order chi connectivity index (χ0) is 16.2. The van der Waals surface area contributed by atoms with Gasteiger partial charge >= 0.3 is 0 Å². The highest BCUT2D eigenvalue weighted by atomic mass is 19.1. The molecule has 1 aromatic heterocycles. The maximum absolute atomic E-state index is 13.8. The van der Waals surface area contributed by atoms with Crippen LogP contribution in [-0.2, 0) is 9.47 Å². The molecular formula is C16H22FN3O3. The van der Waals surface area contributed by atoms with E-state index in [-0.39, 0.29) is 23.6 Å². The van der Waals surface area contributed by atoms with Gasteiger partial charge in [-0.2, -0.15) is 0 Å². The number of likely N-dealkylation sites (tertiary alicyclic amines) is 1. The van der Waals surface area contributed by atoms with Crippen molar-refractivity contribution in [2.45, 2.75) is 18.6 Å². The van der Waals surface area contributed by atoms with E-state index in [1.165, 1.54) is 12.3 Å². The van der Waals surface area contributed by atoms with Crippen molar-refractivity contribution in [2.75, 3.05) is 46.5 Å². The lowest BCUT2D eigenvalue weighted by atomic mass is 9.98. The van der Waals surface area contributed by atoms with Crippen molar-refractivity contribution < 1.29 is 18.7 Å². The van der Waals surface area contributed by atoms with Crippen molar-refractivity contribution in [1.29, 1.82) is 0 Å². The second-order valence-electron chi connectivity index (χ2n) is 5.90. The van der Waals surface area contributed by atoms with Gasteiger partial charge in [0, 0.05) is 39.5 Å². The molecule has 1 amide bonds. The predicted molar refractivity (Wildman–Crippen MR) is 81.7 cm³/mol. The van der Waals surface area contributed by atoms with Crippen molar-refractivity contribution in [3.05, 3.63) is 29.8 Å². The lowest BCUT2D eigenvalue weighted by molar-refractivity contribution is -0.101. The van der Waals surface area contributed by atoms with E-state index in [4.69, 9.17) is 9.47 Å². The summed E-state index contributed by atoms with van der Waals surface area (Å²) in [6, 6.07) is 1.57. The molecule has 0 aliphatic carbocycles. The molecule has 2 aliphatic rings. The third kappa shape index (κ3) is 3.52. The standard InChI is InChI=1S/C16H22FN3O3/c1-22-8-6-19-7-9-23-15-3-5-20(11-14(15)19)16(21)12-2-4-18-10-13(12)17/h2,4,10,14-15H,3,5-9,11H2,1H3/t14-,15-/m0/s1. The monoisotopic (exact) mass is 323 g/mol. The molecule has 3 rings (SSSR count). The number of hydrogen-bond donors (Lipinski definition) is 0. The number of amides is 1. The minimum absolute atomic E-state index is 0.0821. The molecule has 2 atom stereocenters. The number of nitrogens with zero attached hydrogens (tertiary/aromatic N) is 3. The van der Waals surface area contributed by atoms with Gasteiger partial charge in [-0.1, -0.05) is 0 Å². The lowest BCUT2D eigenvalue weighted by Crippen LogP contribution is -2.61. The quantitative estimate of drug-likeness (QED) is 0.820. The topological polar surface area (TPSA) is 54.9 Å². The van der Waals surface area contributed by atoms with E-state index in [2.05, 4.69) is 9.88 Å². The van der Waals surface area contributed by atoms with E-state index in [1.807, 2.05) is 0 Å². The minimum Gasteiger partial charge on any atom is -0.383 e. The third-order valence-corrected chi connectivity index (χ3v) is 4.57. The molecule has 7 heteroatoms. The van der Waals surface area contributed by atoms with E-state index in [1.54, 1.807) is 12.0 Å². The number of carbonyl (C=O) groups excluding carboxylic acids is 1. The minimum atomic E-state index is -0.573. The maximum Gasteiger partial charge on any atom is 0.257 e. The molecule has 0 radical (unpaired) electrons. The first-order valence-corrected chi connectivity index (χ1v) is 7.94. The summed E-state index contributed by atoms with van der Waals surface area (Å²) in [5.41, 5.74) is 0.0821. The zero-order valence-corrected chi connectivity index (χ0v) is 13.3. The van der Waals surface area contributed by atoms with Crippen LogP contribution in [-0.4, -0.2) is 79.3 Å². The Bertz CT molecular complexity index is 557. The molecule has 0 spiro atoms. The molecule has 2 aliphatic heterocycles. The summed E-state index contributed by atoms with van der Waals surface area (Å²) in [6.07, 6.45) is 3.42. The molecule has 0 N–H and O–H groups in total. The highest BCUT2D eigenvalue weighted by Crippen LogP contribution is 2.24. The van der Waals surface area contributed by atoms with Gasteiger partial charge in [0.2, 0.25) is 0 Å². The van der Waals surface area contributed by atoms with E-state index in [0.717, 1.165) is 25.7 Å². The van der Waals surface area contributed by atoms with Crippen molar-refractivity contribution in [3.8, 4) is 0 Å². The summed E-state index contributed by atoms with van der Waals surface area (Å²) in [4.78, 5) is 20.3. The van der Waals surface area contributed by atoms with Crippen LogP contribution in [0.1, 0.15) is 16.8 Å². The summed E-state index contributed by atoms with van der Waals surface area (Å²) in [5, 5.41) is 0. The number of fused-ring (bicyclic) bond motifs is 1. The van der Waals surface area contributed by atoms with Crippen LogP contribution in [0.15, 0.2) is 18.5 Å². The molecular weight excluding hydrogens is 301 g/mol. The summed E-state index contributed by atoms with van der Waals surface area (Å²) in [5.74, 6) is -0.851. The zero-order valence-electron chi connectivity index (χ0n) is 13.3. The van der Waals surface area contributed by atoms with Crippen LogP contribution >= 0.6 is 0 Å². The van der Waals surface area contributed by atoms with Crippen molar-refractivity contribution in [2.24, 2.45) is 0 Å². The first-order valence-electron chi connectivity index (χ1n) is 7.94. The summed E-state index contributed by atoms with van der Waals surface area (Å²) in [6.45, 7) is 4.13. The third-order valence-electron chi connectivity index (χ3n) is 4.57. The summed E-state index contributed by atoms with van der Waals surface area (Å²) in [7, 11) is 1.68. The van der Waals surface area contributed by atoms with Crippen molar-refractivity contribution >= 4 is 5.91 Å². The Balaban J connectivity index is 1.71. The van der Waals surface area contributed by atoms with Crippen LogP contribution < -0.4 is 0 Å². The maximum atomic E-state index is 13.8. The van der Waals surface area contributed by atoms with Crippen LogP contribution in [0.2, 0.25) is 0 Å².